The Morgan fingerprint density at radius 1 is 1.31 bits per heavy atom. The van der Waals surface area contributed by atoms with Crippen molar-refractivity contribution in [3.8, 4) is 0 Å². The van der Waals surface area contributed by atoms with Gasteiger partial charge in [0.2, 0.25) is 0 Å². The first-order chi connectivity index (χ1) is 6.27. The van der Waals surface area contributed by atoms with Crippen LogP contribution in [0.2, 0.25) is 5.28 Å². The van der Waals surface area contributed by atoms with Gasteiger partial charge in [0.25, 0.3) is 0 Å². The minimum absolute atomic E-state index is 0.540. The highest BCUT2D eigenvalue weighted by Crippen LogP contribution is 2.33. The van der Waals surface area contributed by atoms with Crippen molar-refractivity contribution in [1.29, 1.82) is 0 Å². The van der Waals surface area contributed by atoms with E-state index in [1.807, 2.05) is 0 Å². The van der Waals surface area contributed by atoms with Gasteiger partial charge in [-0.3, -0.25) is 0 Å². The second-order valence-electron chi connectivity index (χ2n) is 3.87. The molecule has 72 valence electrons. The summed E-state index contributed by atoms with van der Waals surface area (Å²) in [6.45, 7) is 2.06. The van der Waals surface area contributed by atoms with Gasteiger partial charge in [0, 0.05) is 11.6 Å². The van der Waals surface area contributed by atoms with Gasteiger partial charge in [0.05, 0.1) is 5.69 Å². The van der Waals surface area contributed by atoms with Crippen LogP contribution in [0.1, 0.15) is 49.4 Å². The summed E-state index contributed by atoms with van der Waals surface area (Å²) in [6, 6.07) is 0. The number of hydrogen-bond acceptors (Lipinski definition) is 1. The topological polar surface area (TPSA) is 28.7 Å². The molecule has 1 aliphatic carbocycles. The first kappa shape index (κ1) is 9.07. The highest BCUT2D eigenvalue weighted by atomic mass is 35.5. The van der Waals surface area contributed by atoms with Crippen molar-refractivity contribution in [1.82, 2.24) is 9.97 Å². The van der Waals surface area contributed by atoms with Gasteiger partial charge in [-0.2, -0.15) is 0 Å². The van der Waals surface area contributed by atoms with Gasteiger partial charge in [-0.25, -0.2) is 4.98 Å². The third-order valence-corrected chi connectivity index (χ3v) is 3.06. The Balaban J connectivity index is 2.18. The van der Waals surface area contributed by atoms with Gasteiger partial charge in [0.1, 0.15) is 0 Å². The number of hydrogen-bond donors (Lipinski definition) is 1. The van der Waals surface area contributed by atoms with Gasteiger partial charge in [-0.05, 0) is 31.4 Å². The average Bonchev–Trinajstić information content (AvgIpc) is 2.47. The molecule has 1 fully saturated rings. The Bertz CT molecular complexity index is 287. The third-order valence-electron chi connectivity index (χ3n) is 2.89. The molecule has 3 heteroatoms. The number of imidazole rings is 1. The first-order valence-electron chi connectivity index (χ1n) is 4.99. The molecule has 1 aliphatic rings. The molecule has 13 heavy (non-hydrogen) atoms. The van der Waals surface area contributed by atoms with Gasteiger partial charge in [-0.1, -0.05) is 19.3 Å². The van der Waals surface area contributed by atoms with Crippen LogP contribution in [-0.4, -0.2) is 9.97 Å². The lowest BCUT2D eigenvalue weighted by Gasteiger charge is -2.20. The van der Waals surface area contributed by atoms with Crippen LogP contribution < -0.4 is 0 Å². The maximum atomic E-state index is 5.82. The molecule has 0 unspecified atom stereocenters. The monoisotopic (exact) mass is 198 g/mol. The molecule has 1 aromatic heterocycles. The van der Waals surface area contributed by atoms with Crippen LogP contribution >= 0.6 is 11.6 Å². The fourth-order valence-corrected chi connectivity index (χ4v) is 2.44. The van der Waals surface area contributed by atoms with E-state index >= 15 is 0 Å². The smallest absolute Gasteiger partial charge is 0.200 e. The Kier molecular flexibility index (Phi) is 2.58. The summed E-state index contributed by atoms with van der Waals surface area (Å²) in [5.74, 6) is 0.650. The number of aromatic nitrogens is 2. The fourth-order valence-electron chi connectivity index (χ4n) is 2.21. The quantitative estimate of drug-likeness (QED) is 0.736. The maximum absolute atomic E-state index is 5.82. The zero-order valence-corrected chi connectivity index (χ0v) is 8.69. The lowest BCUT2D eigenvalue weighted by molar-refractivity contribution is 0.436. The van der Waals surface area contributed by atoms with E-state index in [0.29, 0.717) is 11.2 Å². The number of rotatable bonds is 1. The second kappa shape index (κ2) is 3.70. The molecule has 0 aromatic carbocycles. The van der Waals surface area contributed by atoms with Crippen LogP contribution in [0.5, 0.6) is 0 Å². The zero-order chi connectivity index (χ0) is 9.26. The molecule has 1 heterocycles. The van der Waals surface area contributed by atoms with Crippen molar-refractivity contribution in [3.63, 3.8) is 0 Å². The highest BCUT2D eigenvalue weighted by Gasteiger charge is 2.19. The standard InChI is InChI=1S/C10H15ClN2/c1-7-9(13-10(11)12-7)8-5-3-2-4-6-8/h8H,2-6H2,1H3,(H,12,13). The summed E-state index contributed by atoms with van der Waals surface area (Å²) in [5.41, 5.74) is 2.35. The molecule has 1 saturated carbocycles. The van der Waals surface area contributed by atoms with Gasteiger partial charge in [0.15, 0.2) is 5.28 Å². The van der Waals surface area contributed by atoms with E-state index in [-0.39, 0.29) is 0 Å². The van der Waals surface area contributed by atoms with Gasteiger partial charge < -0.3 is 4.98 Å². The predicted molar refractivity (Wildman–Crippen MR) is 54.2 cm³/mol. The van der Waals surface area contributed by atoms with E-state index in [1.165, 1.54) is 37.8 Å². The van der Waals surface area contributed by atoms with E-state index < -0.39 is 0 Å². The molecule has 0 radical (unpaired) electrons. The molecule has 2 rings (SSSR count). The van der Waals surface area contributed by atoms with E-state index in [9.17, 15) is 0 Å². The van der Waals surface area contributed by atoms with Crippen molar-refractivity contribution in [2.75, 3.05) is 0 Å². The van der Waals surface area contributed by atoms with E-state index in [0.717, 1.165) is 5.69 Å². The second-order valence-corrected chi connectivity index (χ2v) is 4.23. The minimum Gasteiger partial charge on any atom is -0.333 e. The molecule has 0 bridgehead atoms. The average molecular weight is 199 g/mol. The SMILES string of the molecule is Cc1[nH]c(Cl)nc1C1CCCCC1. The number of aromatic amines is 1. The van der Waals surface area contributed by atoms with Gasteiger partial charge >= 0.3 is 0 Å². The van der Waals surface area contributed by atoms with Crippen LogP contribution in [0, 0.1) is 6.92 Å². The van der Waals surface area contributed by atoms with Crippen LogP contribution in [0.15, 0.2) is 0 Å². The number of nitrogens with one attached hydrogen (secondary N) is 1. The van der Waals surface area contributed by atoms with Crippen LogP contribution in [-0.2, 0) is 0 Å². The lowest BCUT2D eigenvalue weighted by Crippen LogP contribution is -2.06. The Hall–Kier alpha value is -0.500. The summed E-state index contributed by atoms with van der Waals surface area (Å²) in [6.07, 6.45) is 6.63. The summed E-state index contributed by atoms with van der Waals surface area (Å²) in [7, 11) is 0. The highest BCUT2D eigenvalue weighted by molar-refractivity contribution is 6.28. The predicted octanol–water partition coefficient (Wildman–Crippen LogP) is 3.42. The van der Waals surface area contributed by atoms with Crippen molar-refractivity contribution in [2.24, 2.45) is 0 Å². The van der Waals surface area contributed by atoms with Crippen LogP contribution in [0.4, 0.5) is 0 Å². The summed E-state index contributed by atoms with van der Waals surface area (Å²) in [5, 5.41) is 0.540. The summed E-state index contributed by atoms with van der Waals surface area (Å²) in [4.78, 5) is 7.40. The molecule has 1 N–H and O–H groups in total. The summed E-state index contributed by atoms with van der Waals surface area (Å²) < 4.78 is 0. The summed E-state index contributed by atoms with van der Waals surface area (Å²) >= 11 is 5.82. The molecule has 1 aromatic rings. The Morgan fingerprint density at radius 3 is 2.54 bits per heavy atom. The van der Waals surface area contributed by atoms with Crippen molar-refractivity contribution in [3.05, 3.63) is 16.7 Å². The van der Waals surface area contributed by atoms with Gasteiger partial charge in [-0.15, -0.1) is 0 Å². The molecule has 0 amide bonds. The van der Waals surface area contributed by atoms with Crippen molar-refractivity contribution in [2.45, 2.75) is 44.9 Å². The normalized spacial score (nSPS) is 19.2. The molecule has 0 aliphatic heterocycles. The lowest BCUT2D eigenvalue weighted by atomic mass is 9.86. The van der Waals surface area contributed by atoms with Crippen LogP contribution in [0.25, 0.3) is 0 Å². The zero-order valence-electron chi connectivity index (χ0n) is 7.94. The van der Waals surface area contributed by atoms with E-state index in [2.05, 4.69) is 16.9 Å². The third kappa shape index (κ3) is 1.88. The van der Waals surface area contributed by atoms with Crippen molar-refractivity contribution < 1.29 is 0 Å². The first-order valence-corrected chi connectivity index (χ1v) is 5.37. The molecule has 0 spiro atoms. The minimum atomic E-state index is 0.540. The van der Waals surface area contributed by atoms with Crippen LogP contribution in [0.3, 0.4) is 0 Å². The molecular formula is C10H15ClN2. The Morgan fingerprint density at radius 2 is 2.00 bits per heavy atom. The molecule has 0 saturated heterocycles. The number of aryl methyl sites for hydroxylation is 1. The molecule has 2 nitrogen and oxygen atoms in total. The largest absolute Gasteiger partial charge is 0.333 e. The maximum Gasteiger partial charge on any atom is 0.200 e. The van der Waals surface area contributed by atoms with E-state index in [1.54, 1.807) is 0 Å². The van der Waals surface area contributed by atoms with E-state index in [4.69, 9.17) is 11.6 Å². The van der Waals surface area contributed by atoms with Crippen molar-refractivity contribution >= 4 is 11.6 Å². The number of halogens is 1. The molecule has 0 atom stereocenters. The fraction of sp³-hybridized carbons (Fsp3) is 0.700. The number of nitrogens with zero attached hydrogens (tertiary/aromatic N) is 1. The molecular weight excluding hydrogens is 184 g/mol. The number of H-pyrrole nitrogens is 1. The Labute approximate surface area is 83.7 Å².